The highest BCUT2D eigenvalue weighted by molar-refractivity contribution is 5.60. The Balaban J connectivity index is 2.39. The Hall–Kier alpha value is -1.42. The molecule has 4 heteroatoms. The van der Waals surface area contributed by atoms with E-state index in [4.69, 9.17) is 14.2 Å². The van der Waals surface area contributed by atoms with Crippen LogP contribution in [-0.4, -0.2) is 27.4 Å². The lowest BCUT2D eigenvalue weighted by Crippen LogP contribution is -2.36. The monoisotopic (exact) mass is 279 g/mol. The molecule has 1 N–H and O–H groups in total. The third-order valence-corrected chi connectivity index (χ3v) is 3.81. The second-order valence-electron chi connectivity index (χ2n) is 5.69. The Bertz CT molecular complexity index is 471. The van der Waals surface area contributed by atoms with Crippen molar-refractivity contribution in [3.63, 3.8) is 0 Å². The zero-order chi connectivity index (χ0) is 14.7. The number of benzene rings is 1. The van der Waals surface area contributed by atoms with Crippen LogP contribution < -0.4 is 19.5 Å². The van der Waals surface area contributed by atoms with Crippen LogP contribution in [0.15, 0.2) is 6.07 Å². The Morgan fingerprint density at radius 2 is 1.85 bits per heavy atom. The topological polar surface area (TPSA) is 39.7 Å². The number of rotatable bonds is 5. The van der Waals surface area contributed by atoms with E-state index in [1.807, 2.05) is 0 Å². The lowest BCUT2D eigenvalue weighted by atomic mass is 9.90. The molecule has 1 unspecified atom stereocenters. The summed E-state index contributed by atoms with van der Waals surface area (Å²) >= 11 is 0. The zero-order valence-electron chi connectivity index (χ0n) is 13.1. The first-order valence-corrected chi connectivity index (χ1v) is 7.14. The first kappa shape index (κ1) is 15.0. The highest BCUT2D eigenvalue weighted by Gasteiger charge is 2.26. The lowest BCUT2D eigenvalue weighted by molar-refractivity contribution is 0.314. The normalized spacial score (nSPS) is 17.8. The van der Waals surface area contributed by atoms with Crippen LogP contribution in [0.5, 0.6) is 17.2 Å². The minimum absolute atomic E-state index is 0.495. The first-order chi connectivity index (χ1) is 9.60. The molecule has 1 atom stereocenters. The number of ether oxygens (including phenoxy) is 3. The molecule has 112 valence electrons. The molecule has 0 radical (unpaired) electrons. The summed E-state index contributed by atoms with van der Waals surface area (Å²) < 4.78 is 16.5. The molecule has 1 aromatic carbocycles. The van der Waals surface area contributed by atoms with Crippen molar-refractivity contribution in [3.05, 3.63) is 17.2 Å². The maximum Gasteiger partial charge on any atom is 0.203 e. The van der Waals surface area contributed by atoms with Gasteiger partial charge in [0.1, 0.15) is 0 Å². The molecule has 1 aliphatic heterocycles. The van der Waals surface area contributed by atoms with Crippen LogP contribution >= 0.6 is 0 Å². The fourth-order valence-corrected chi connectivity index (χ4v) is 2.96. The summed E-state index contributed by atoms with van der Waals surface area (Å²) in [5.41, 5.74) is 2.48. The van der Waals surface area contributed by atoms with E-state index in [1.165, 1.54) is 11.1 Å². The average molecular weight is 279 g/mol. The molecule has 0 amide bonds. The van der Waals surface area contributed by atoms with Crippen LogP contribution in [0.3, 0.4) is 0 Å². The van der Waals surface area contributed by atoms with Gasteiger partial charge in [0, 0.05) is 18.2 Å². The predicted molar refractivity (Wildman–Crippen MR) is 79.9 cm³/mol. The van der Waals surface area contributed by atoms with Gasteiger partial charge in [0.15, 0.2) is 11.5 Å². The molecule has 20 heavy (non-hydrogen) atoms. The van der Waals surface area contributed by atoms with Gasteiger partial charge in [-0.2, -0.15) is 0 Å². The molecular weight excluding hydrogens is 254 g/mol. The molecule has 1 aliphatic rings. The summed E-state index contributed by atoms with van der Waals surface area (Å²) in [4.78, 5) is 0. The Morgan fingerprint density at radius 3 is 2.40 bits per heavy atom. The summed E-state index contributed by atoms with van der Waals surface area (Å²) in [5.74, 6) is 2.92. The third-order valence-electron chi connectivity index (χ3n) is 3.81. The molecule has 4 nitrogen and oxygen atoms in total. The van der Waals surface area contributed by atoms with Crippen LogP contribution in [-0.2, 0) is 13.0 Å². The fraction of sp³-hybridized carbons (Fsp3) is 0.625. The van der Waals surface area contributed by atoms with Crippen LogP contribution in [0.25, 0.3) is 0 Å². The summed E-state index contributed by atoms with van der Waals surface area (Å²) in [5, 5.41) is 3.59. The van der Waals surface area contributed by atoms with Crippen LogP contribution in [0.2, 0.25) is 0 Å². The van der Waals surface area contributed by atoms with Gasteiger partial charge in [-0.3, -0.25) is 0 Å². The minimum Gasteiger partial charge on any atom is -0.493 e. The molecular formula is C16H25NO3. The largest absolute Gasteiger partial charge is 0.493 e. The number of fused-ring (bicyclic) bond motifs is 1. The minimum atomic E-state index is 0.495. The Morgan fingerprint density at radius 1 is 1.15 bits per heavy atom. The number of nitrogens with one attached hydrogen (secondary N) is 1. The maximum absolute atomic E-state index is 5.60. The quantitative estimate of drug-likeness (QED) is 0.899. The summed E-state index contributed by atoms with van der Waals surface area (Å²) in [6.07, 6.45) is 2.13. The van der Waals surface area contributed by atoms with Gasteiger partial charge in [-0.15, -0.1) is 0 Å². The molecule has 1 heterocycles. The van der Waals surface area contributed by atoms with Gasteiger partial charge in [-0.1, -0.05) is 13.8 Å². The van der Waals surface area contributed by atoms with Crippen LogP contribution in [0.1, 0.15) is 31.4 Å². The standard InChI is InChI=1S/C16H25NO3/c1-10(2)6-12-8-13-11(9-17-12)7-14(18-3)16(20-5)15(13)19-4/h7,10,12,17H,6,8-9H2,1-5H3. The van der Waals surface area contributed by atoms with Gasteiger partial charge >= 0.3 is 0 Å². The maximum atomic E-state index is 5.60. The van der Waals surface area contributed by atoms with Crippen molar-refractivity contribution in [2.75, 3.05) is 21.3 Å². The smallest absolute Gasteiger partial charge is 0.203 e. The van der Waals surface area contributed by atoms with Crippen molar-refractivity contribution in [2.24, 2.45) is 5.92 Å². The van der Waals surface area contributed by atoms with Crippen molar-refractivity contribution in [1.29, 1.82) is 0 Å². The van der Waals surface area contributed by atoms with Gasteiger partial charge < -0.3 is 19.5 Å². The molecule has 0 saturated heterocycles. The molecule has 0 fully saturated rings. The highest BCUT2D eigenvalue weighted by Crippen LogP contribution is 2.43. The molecule has 2 rings (SSSR count). The van der Waals surface area contributed by atoms with Gasteiger partial charge in [0.05, 0.1) is 21.3 Å². The summed E-state index contributed by atoms with van der Waals surface area (Å²) in [7, 11) is 5.00. The predicted octanol–water partition coefficient (Wildman–Crippen LogP) is 2.77. The second kappa shape index (κ2) is 6.35. The lowest BCUT2D eigenvalue weighted by Gasteiger charge is -2.30. The Kier molecular flexibility index (Phi) is 4.76. The van der Waals surface area contributed by atoms with E-state index in [2.05, 4.69) is 25.2 Å². The van der Waals surface area contributed by atoms with Crippen molar-refractivity contribution >= 4 is 0 Å². The van der Waals surface area contributed by atoms with Crippen molar-refractivity contribution < 1.29 is 14.2 Å². The van der Waals surface area contributed by atoms with Crippen LogP contribution in [0, 0.1) is 5.92 Å². The first-order valence-electron chi connectivity index (χ1n) is 7.14. The fourth-order valence-electron chi connectivity index (χ4n) is 2.96. The Labute approximate surface area is 121 Å². The van der Waals surface area contributed by atoms with E-state index in [-0.39, 0.29) is 0 Å². The van der Waals surface area contributed by atoms with Crippen LogP contribution in [0.4, 0.5) is 0 Å². The average Bonchev–Trinajstić information content (AvgIpc) is 2.44. The summed E-state index contributed by atoms with van der Waals surface area (Å²) in [6.45, 7) is 5.36. The second-order valence-corrected chi connectivity index (χ2v) is 5.69. The van der Waals surface area contributed by atoms with Crippen molar-refractivity contribution in [2.45, 2.75) is 39.3 Å². The number of methoxy groups -OCH3 is 3. The highest BCUT2D eigenvalue weighted by atomic mass is 16.5. The van der Waals surface area contributed by atoms with Gasteiger partial charge in [-0.05, 0) is 30.4 Å². The SMILES string of the molecule is COc1cc2c(c(OC)c1OC)CC(CC(C)C)NC2. The molecule has 1 aromatic rings. The zero-order valence-corrected chi connectivity index (χ0v) is 13.1. The van der Waals surface area contributed by atoms with E-state index < -0.39 is 0 Å². The number of hydrogen-bond donors (Lipinski definition) is 1. The van der Waals surface area contributed by atoms with E-state index in [9.17, 15) is 0 Å². The van der Waals surface area contributed by atoms with Gasteiger partial charge in [-0.25, -0.2) is 0 Å². The van der Waals surface area contributed by atoms with Gasteiger partial charge in [0.2, 0.25) is 5.75 Å². The molecule has 0 spiro atoms. The van der Waals surface area contributed by atoms with E-state index in [0.717, 1.165) is 30.9 Å². The van der Waals surface area contributed by atoms with Crippen molar-refractivity contribution in [1.82, 2.24) is 5.32 Å². The van der Waals surface area contributed by atoms with Gasteiger partial charge in [0.25, 0.3) is 0 Å². The van der Waals surface area contributed by atoms with Crippen molar-refractivity contribution in [3.8, 4) is 17.2 Å². The summed E-state index contributed by atoms with van der Waals surface area (Å²) in [6, 6.07) is 2.55. The molecule has 0 aromatic heterocycles. The molecule has 0 saturated carbocycles. The van der Waals surface area contributed by atoms with E-state index in [0.29, 0.717) is 17.7 Å². The van der Waals surface area contributed by atoms with E-state index >= 15 is 0 Å². The molecule has 0 aliphatic carbocycles. The number of hydrogen-bond acceptors (Lipinski definition) is 4. The van der Waals surface area contributed by atoms with E-state index in [1.54, 1.807) is 21.3 Å². The third kappa shape index (κ3) is 2.85. The molecule has 0 bridgehead atoms.